The second kappa shape index (κ2) is 8.11. The second-order valence-electron chi connectivity index (χ2n) is 5.07. The number of carbonyl (C=O) groups is 2. The molecule has 0 amide bonds. The molecule has 4 nitrogen and oxygen atoms in total. The average Bonchev–Trinajstić information content (AvgIpc) is 2.38. The minimum absolute atomic E-state index is 0.231. The minimum atomic E-state index is -3.49. The Hall–Kier alpha value is -0.438. The van der Waals surface area contributed by atoms with Gasteiger partial charge < -0.3 is 0 Å². The first-order valence-electron chi connectivity index (χ1n) is 6.47. The number of halogens is 1. The summed E-state index contributed by atoms with van der Waals surface area (Å²) in [6.45, 7) is 7.05. The second-order valence-corrected chi connectivity index (χ2v) is 13.0. The molecule has 0 unspecified atom stereocenters. The molecule has 6 heteroatoms. The van der Waals surface area contributed by atoms with Crippen LogP contribution >= 0.6 is 15.9 Å². The standard InChI is InChI=1S/C6H4Br.2C4H8O2.Tl/c7-6-4-2-1-3-5-6;2*1-3(2)4(5)6;/h2-5H;2*3H,1-2H3,(H,5,6);/q;;;+2/p-2. The summed E-state index contributed by atoms with van der Waals surface area (Å²) in [4.78, 5) is 23.6. The molecule has 0 bridgehead atoms. The molecule has 1 aromatic rings. The number of hydrogen-bond donors (Lipinski definition) is 0. The van der Waals surface area contributed by atoms with Crippen LogP contribution in [0.25, 0.3) is 0 Å². The van der Waals surface area contributed by atoms with Crippen LogP contribution < -0.4 is 3.12 Å². The van der Waals surface area contributed by atoms with Crippen molar-refractivity contribution in [3.8, 4) is 0 Å². The van der Waals surface area contributed by atoms with Crippen molar-refractivity contribution in [3.63, 3.8) is 0 Å². The van der Waals surface area contributed by atoms with Gasteiger partial charge in [-0.25, -0.2) is 0 Å². The van der Waals surface area contributed by atoms with Crippen molar-refractivity contribution in [2.24, 2.45) is 11.8 Å². The zero-order valence-corrected chi connectivity index (χ0v) is 18.1. The normalized spacial score (nSPS) is 10.6. The summed E-state index contributed by atoms with van der Waals surface area (Å²) in [6.07, 6.45) is 0. The van der Waals surface area contributed by atoms with E-state index in [2.05, 4.69) is 15.9 Å². The summed E-state index contributed by atoms with van der Waals surface area (Å²) in [5.74, 6) is -1.08. The van der Waals surface area contributed by atoms with Crippen molar-refractivity contribution in [1.29, 1.82) is 0 Å². The van der Waals surface area contributed by atoms with Crippen LogP contribution in [0.15, 0.2) is 28.7 Å². The molecule has 20 heavy (non-hydrogen) atoms. The summed E-state index contributed by atoms with van der Waals surface area (Å²) >= 11 is -0.141. The number of benzene rings is 1. The van der Waals surface area contributed by atoms with Crippen LogP contribution in [0.5, 0.6) is 0 Å². The maximum atomic E-state index is 11.8. The Balaban J connectivity index is 2.91. The third kappa shape index (κ3) is 5.51. The van der Waals surface area contributed by atoms with E-state index in [0.29, 0.717) is 0 Å². The van der Waals surface area contributed by atoms with Gasteiger partial charge in [-0.05, 0) is 0 Å². The molecular formula is C14H18BrO4Tl. The molecule has 0 heterocycles. The van der Waals surface area contributed by atoms with Crippen LogP contribution in [0.3, 0.4) is 0 Å². The monoisotopic (exact) mass is 534 g/mol. The topological polar surface area (TPSA) is 52.6 Å². The fourth-order valence-electron chi connectivity index (χ4n) is 1.26. The molecule has 0 saturated heterocycles. The third-order valence-electron chi connectivity index (χ3n) is 2.53. The number of rotatable bonds is 5. The van der Waals surface area contributed by atoms with E-state index in [1.54, 1.807) is 27.7 Å². The van der Waals surface area contributed by atoms with E-state index >= 15 is 0 Å². The Labute approximate surface area is 137 Å². The van der Waals surface area contributed by atoms with Gasteiger partial charge in [0.15, 0.2) is 0 Å². The predicted octanol–water partition coefficient (Wildman–Crippen LogP) is 2.54. The zero-order valence-electron chi connectivity index (χ0n) is 12.1. The van der Waals surface area contributed by atoms with Gasteiger partial charge in [0.05, 0.1) is 0 Å². The average molecular weight is 535 g/mol. The van der Waals surface area contributed by atoms with Gasteiger partial charge >= 0.3 is 138 Å². The SMILES string of the molecule is CC(C)C(=O)[O][Tl]([O]C(=O)C(C)C)[c]1ccc(Br)cc1. The van der Waals surface area contributed by atoms with Gasteiger partial charge in [0.2, 0.25) is 0 Å². The Morgan fingerprint density at radius 3 is 1.70 bits per heavy atom. The Morgan fingerprint density at radius 2 is 1.35 bits per heavy atom. The van der Waals surface area contributed by atoms with Crippen molar-refractivity contribution >= 4 is 54.6 Å². The molecule has 0 aromatic heterocycles. The van der Waals surface area contributed by atoms with E-state index in [4.69, 9.17) is 5.37 Å². The van der Waals surface area contributed by atoms with E-state index in [-0.39, 0.29) is 23.8 Å². The Morgan fingerprint density at radius 1 is 0.950 bits per heavy atom. The van der Waals surface area contributed by atoms with Crippen molar-refractivity contribution < 1.29 is 15.0 Å². The quantitative estimate of drug-likeness (QED) is 0.545. The first-order valence-corrected chi connectivity index (χ1v) is 13.2. The van der Waals surface area contributed by atoms with Gasteiger partial charge in [-0.1, -0.05) is 0 Å². The van der Waals surface area contributed by atoms with Crippen molar-refractivity contribution in [2.45, 2.75) is 27.7 Å². The molecule has 0 saturated carbocycles. The summed E-state index contributed by atoms with van der Waals surface area (Å²) in [6, 6.07) is 7.40. The molecule has 1 rings (SSSR count). The van der Waals surface area contributed by atoms with Crippen LogP contribution in [0.1, 0.15) is 27.7 Å². The molecule has 0 fully saturated rings. The van der Waals surface area contributed by atoms with Crippen LogP contribution in [-0.4, -0.2) is 35.5 Å². The van der Waals surface area contributed by atoms with Gasteiger partial charge in [-0.2, -0.15) is 0 Å². The van der Waals surface area contributed by atoms with Gasteiger partial charge in [0.25, 0.3) is 0 Å². The van der Waals surface area contributed by atoms with E-state index < -0.39 is 23.6 Å². The van der Waals surface area contributed by atoms with Gasteiger partial charge in [-0.3, -0.25) is 0 Å². The first-order chi connectivity index (χ1) is 9.31. The molecule has 1 aromatic carbocycles. The van der Waals surface area contributed by atoms with E-state index in [9.17, 15) is 9.59 Å². The molecule has 0 aliphatic carbocycles. The summed E-state index contributed by atoms with van der Waals surface area (Å²) in [5.41, 5.74) is 0. The van der Waals surface area contributed by atoms with Crippen LogP contribution in [0, 0.1) is 11.8 Å². The van der Waals surface area contributed by atoms with Gasteiger partial charge in [-0.15, -0.1) is 0 Å². The fraction of sp³-hybridized carbons (Fsp3) is 0.429. The predicted molar refractivity (Wildman–Crippen MR) is 81.4 cm³/mol. The molecule has 108 valence electrons. The molecule has 0 N–H and O–H groups in total. The van der Waals surface area contributed by atoms with Crippen LogP contribution in [0.4, 0.5) is 0 Å². The molecular weight excluding hydrogens is 516 g/mol. The fourth-order valence-corrected chi connectivity index (χ4v) is 8.50. The van der Waals surface area contributed by atoms with Gasteiger partial charge in [0.1, 0.15) is 0 Å². The van der Waals surface area contributed by atoms with Crippen molar-refractivity contribution in [2.75, 3.05) is 0 Å². The Kier molecular flexibility index (Phi) is 7.15. The Bertz CT molecular complexity index is 449. The van der Waals surface area contributed by atoms with Gasteiger partial charge in [0, 0.05) is 0 Å². The maximum absolute atomic E-state index is 11.8. The summed E-state index contributed by atoms with van der Waals surface area (Å²) < 4.78 is 12.7. The van der Waals surface area contributed by atoms with E-state index in [0.717, 1.165) is 7.60 Å². The van der Waals surface area contributed by atoms with E-state index in [1.165, 1.54) is 0 Å². The third-order valence-corrected chi connectivity index (χ3v) is 10.1. The van der Waals surface area contributed by atoms with Crippen molar-refractivity contribution in [1.82, 2.24) is 0 Å². The summed E-state index contributed by atoms with van der Waals surface area (Å²) in [5, 5.41) is 0. The summed E-state index contributed by atoms with van der Waals surface area (Å²) in [7, 11) is 0. The van der Waals surface area contributed by atoms with Crippen LogP contribution in [0.2, 0.25) is 0 Å². The van der Waals surface area contributed by atoms with Crippen molar-refractivity contribution in [3.05, 3.63) is 28.7 Å². The van der Waals surface area contributed by atoms with E-state index in [1.807, 2.05) is 24.3 Å². The molecule has 0 aliphatic rings. The molecule has 0 atom stereocenters. The molecule has 0 spiro atoms. The van der Waals surface area contributed by atoms with Crippen LogP contribution in [-0.2, 0) is 15.0 Å². The number of carbonyl (C=O) groups excluding carboxylic acids is 2. The zero-order chi connectivity index (χ0) is 15.3. The first kappa shape index (κ1) is 17.6. The number of hydrogen-bond acceptors (Lipinski definition) is 4. The molecule has 0 aliphatic heterocycles. The molecule has 0 radical (unpaired) electrons.